The first kappa shape index (κ1) is 26.0. The highest BCUT2D eigenvalue weighted by Crippen LogP contribution is 2.43. The predicted octanol–water partition coefficient (Wildman–Crippen LogP) is 7.20. The van der Waals surface area contributed by atoms with Crippen LogP contribution in [0.4, 0.5) is 10.1 Å². The molecule has 0 spiro atoms. The van der Waals surface area contributed by atoms with Crippen molar-refractivity contribution in [2.24, 2.45) is 0 Å². The normalized spacial score (nSPS) is 13.8. The van der Waals surface area contributed by atoms with Gasteiger partial charge in [0.1, 0.15) is 12.4 Å². The van der Waals surface area contributed by atoms with E-state index < -0.39 is 6.23 Å². The average molecular weight is 595 g/mol. The van der Waals surface area contributed by atoms with Crippen molar-refractivity contribution < 1.29 is 18.6 Å². The number of halogens is 2. The molecule has 4 aromatic rings. The molecule has 194 valence electrons. The van der Waals surface area contributed by atoms with Crippen molar-refractivity contribution in [3.05, 3.63) is 94.7 Å². The number of aromatic nitrogens is 3. The van der Waals surface area contributed by atoms with Crippen molar-refractivity contribution in [1.29, 1.82) is 0 Å². The number of nitrogens with one attached hydrogen (secondary N) is 1. The summed E-state index contributed by atoms with van der Waals surface area (Å²) in [6.07, 6.45) is 1.05. The fraction of sp³-hybridized carbons (Fsp3) is 0.179. The molecule has 5 rings (SSSR count). The van der Waals surface area contributed by atoms with E-state index in [9.17, 15) is 4.39 Å². The third-order valence-corrected chi connectivity index (χ3v) is 7.10. The van der Waals surface area contributed by atoms with E-state index in [1.807, 2.05) is 43.3 Å². The summed E-state index contributed by atoms with van der Waals surface area (Å²) in [5.74, 6) is 1.57. The minimum atomic E-state index is -0.623. The molecule has 1 unspecified atom stereocenters. The van der Waals surface area contributed by atoms with Gasteiger partial charge in [-0.2, -0.15) is 4.98 Å². The van der Waals surface area contributed by atoms with Crippen LogP contribution in [0.15, 0.2) is 82.9 Å². The van der Waals surface area contributed by atoms with Gasteiger partial charge >= 0.3 is 0 Å². The van der Waals surface area contributed by atoms with Gasteiger partial charge in [0.25, 0.3) is 0 Å². The van der Waals surface area contributed by atoms with Gasteiger partial charge in [0.2, 0.25) is 11.0 Å². The zero-order chi connectivity index (χ0) is 26.5. The van der Waals surface area contributed by atoms with E-state index in [1.165, 1.54) is 17.8 Å². The van der Waals surface area contributed by atoms with Gasteiger partial charge in [-0.3, -0.25) is 0 Å². The molecule has 2 heterocycles. The summed E-state index contributed by atoms with van der Waals surface area (Å²) in [7, 11) is 0. The Labute approximate surface area is 232 Å². The van der Waals surface area contributed by atoms with Gasteiger partial charge in [0, 0.05) is 22.6 Å². The number of anilines is 1. The monoisotopic (exact) mass is 594 g/mol. The van der Waals surface area contributed by atoms with Crippen LogP contribution in [0.25, 0.3) is 11.3 Å². The lowest BCUT2D eigenvalue weighted by Crippen LogP contribution is -2.17. The summed E-state index contributed by atoms with van der Waals surface area (Å²) in [6.45, 7) is 6.43. The Morgan fingerprint density at radius 2 is 1.95 bits per heavy atom. The molecule has 0 aliphatic carbocycles. The van der Waals surface area contributed by atoms with E-state index >= 15 is 0 Å². The molecular formula is C28H24BrFN4O3S. The number of thioether (sulfide) groups is 1. The lowest BCUT2D eigenvalue weighted by Gasteiger charge is -2.22. The van der Waals surface area contributed by atoms with E-state index in [2.05, 4.69) is 43.0 Å². The number of hydrogen-bond donors (Lipinski definition) is 1. The maximum absolute atomic E-state index is 14.1. The van der Waals surface area contributed by atoms with Gasteiger partial charge in [-0.1, -0.05) is 60.8 Å². The van der Waals surface area contributed by atoms with Crippen LogP contribution in [-0.2, 0) is 5.75 Å². The van der Waals surface area contributed by atoms with Crippen LogP contribution in [-0.4, -0.2) is 28.4 Å². The first-order valence-corrected chi connectivity index (χ1v) is 13.7. The van der Waals surface area contributed by atoms with E-state index in [4.69, 9.17) is 14.2 Å². The molecule has 0 saturated carbocycles. The van der Waals surface area contributed by atoms with Crippen molar-refractivity contribution in [1.82, 2.24) is 15.2 Å². The van der Waals surface area contributed by atoms with Gasteiger partial charge in [0.05, 0.1) is 11.1 Å². The predicted molar refractivity (Wildman–Crippen MR) is 149 cm³/mol. The highest BCUT2D eigenvalue weighted by atomic mass is 79.9. The van der Waals surface area contributed by atoms with Crippen LogP contribution in [0.3, 0.4) is 0 Å². The number of benzene rings is 3. The van der Waals surface area contributed by atoms with Crippen molar-refractivity contribution in [3.63, 3.8) is 0 Å². The molecule has 7 nitrogen and oxygen atoms in total. The van der Waals surface area contributed by atoms with E-state index in [0.29, 0.717) is 57.2 Å². The van der Waals surface area contributed by atoms with Gasteiger partial charge in [-0.05, 0) is 52.7 Å². The second kappa shape index (κ2) is 11.8. The van der Waals surface area contributed by atoms with Crippen LogP contribution in [0.5, 0.6) is 17.4 Å². The fourth-order valence-electron chi connectivity index (χ4n) is 3.90. The SMILES string of the molecule is C=CCOc1c(Br)cc(C2Nc3ccccc3-c3nnc(SCc4ccccc4F)nc3O2)cc1OCC. The Morgan fingerprint density at radius 1 is 1.13 bits per heavy atom. The average Bonchev–Trinajstić information content (AvgIpc) is 3.09. The summed E-state index contributed by atoms with van der Waals surface area (Å²) in [4.78, 5) is 4.66. The molecule has 0 amide bonds. The molecule has 1 N–H and O–H groups in total. The Kier molecular flexibility index (Phi) is 8.09. The van der Waals surface area contributed by atoms with Gasteiger partial charge < -0.3 is 19.5 Å². The van der Waals surface area contributed by atoms with Crippen LogP contribution in [0, 0.1) is 5.82 Å². The maximum atomic E-state index is 14.1. The zero-order valence-electron chi connectivity index (χ0n) is 20.5. The quantitative estimate of drug-likeness (QED) is 0.161. The number of hydrogen-bond acceptors (Lipinski definition) is 8. The molecule has 1 aliphatic rings. The Morgan fingerprint density at radius 3 is 2.76 bits per heavy atom. The zero-order valence-corrected chi connectivity index (χ0v) is 22.9. The lowest BCUT2D eigenvalue weighted by atomic mass is 10.1. The summed E-state index contributed by atoms with van der Waals surface area (Å²) >= 11 is 4.90. The highest BCUT2D eigenvalue weighted by Gasteiger charge is 2.27. The molecule has 0 saturated heterocycles. The number of ether oxygens (including phenoxy) is 3. The largest absolute Gasteiger partial charge is 0.490 e. The first-order valence-electron chi connectivity index (χ1n) is 11.9. The fourth-order valence-corrected chi connectivity index (χ4v) is 5.24. The topological polar surface area (TPSA) is 78.4 Å². The summed E-state index contributed by atoms with van der Waals surface area (Å²) < 4.78 is 32.9. The van der Waals surface area contributed by atoms with Crippen LogP contribution < -0.4 is 19.5 Å². The van der Waals surface area contributed by atoms with Crippen LogP contribution in [0.1, 0.15) is 24.3 Å². The van der Waals surface area contributed by atoms with E-state index in [0.717, 1.165) is 16.8 Å². The van der Waals surface area contributed by atoms with Crippen molar-refractivity contribution in [2.45, 2.75) is 24.1 Å². The molecule has 0 bridgehead atoms. The standard InChI is InChI=1S/C28H24BrFN4O3S/c1-3-13-36-25-20(29)14-18(15-23(25)35-4-2)26-31-22-12-8-6-10-19(22)24-27(37-26)32-28(34-33-24)38-16-17-9-5-7-11-21(17)30/h3,5-12,14-15,26,31H,1,4,13,16H2,2H3. The van der Waals surface area contributed by atoms with E-state index in [1.54, 1.807) is 24.3 Å². The minimum absolute atomic E-state index is 0.270. The second-order valence-electron chi connectivity index (χ2n) is 8.18. The molecular weight excluding hydrogens is 571 g/mol. The summed E-state index contributed by atoms with van der Waals surface area (Å²) in [5.41, 5.74) is 3.49. The number of fused-ring (bicyclic) bond motifs is 3. The lowest BCUT2D eigenvalue weighted by molar-refractivity contribution is 0.223. The smallest absolute Gasteiger partial charge is 0.247 e. The molecule has 0 radical (unpaired) electrons. The van der Waals surface area contributed by atoms with Crippen LogP contribution in [0.2, 0.25) is 0 Å². The number of rotatable bonds is 9. The second-order valence-corrected chi connectivity index (χ2v) is 9.98. The van der Waals surface area contributed by atoms with Crippen molar-refractivity contribution in [3.8, 4) is 28.6 Å². The molecule has 0 fully saturated rings. The molecule has 38 heavy (non-hydrogen) atoms. The Bertz CT molecular complexity index is 1470. The maximum Gasteiger partial charge on any atom is 0.247 e. The summed E-state index contributed by atoms with van der Waals surface area (Å²) in [5, 5.41) is 12.6. The van der Waals surface area contributed by atoms with Gasteiger partial charge in [0.15, 0.2) is 23.4 Å². The van der Waals surface area contributed by atoms with E-state index in [-0.39, 0.29) is 5.82 Å². The number of para-hydroxylation sites is 1. The third kappa shape index (κ3) is 5.61. The van der Waals surface area contributed by atoms with Gasteiger partial charge in [-0.25, -0.2) is 4.39 Å². The first-order chi connectivity index (χ1) is 18.6. The Hall–Kier alpha value is -3.63. The Balaban J connectivity index is 1.51. The molecule has 10 heteroatoms. The molecule has 1 aromatic heterocycles. The number of nitrogens with zero attached hydrogens (tertiary/aromatic N) is 3. The molecule has 1 atom stereocenters. The van der Waals surface area contributed by atoms with Crippen LogP contribution >= 0.6 is 27.7 Å². The van der Waals surface area contributed by atoms with Gasteiger partial charge in [-0.15, -0.1) is 10.2 Å². The third-order valence-electron chi connectivity index (χ3n) is 5.63. The molecule has 1 aliphatic heterocycles. The minimum Gasteiger partial charge on any atom is -0.490 e. The highest BCUT2D eigenvalue weighted by molar-refractivity contribution is 9.10. The van der Waals surface area contributed by atoms with Crippen molar-refractivity contribution >= 4 is 33.4 Å². The van der Waals surface area contributed by atoms with Crippen molar-refractivity contribution in [2.75, 3.05) is 18.5 Å². The molecule has 3 aromatic carbocycles. The summed E-state index contributed by atoms with van der Waals surface area (Å²) in [6, 6.07) is 18.2.